The highest BCUT2D eigenvalue weighted by Gasteiger charge is 2.13. The number of aliphatic hydroxyl groups is 1. The van der Waals surface area contributed by atoms with E-state index >= 15 is 0 Å². The lowest BCUT2D eigenvalue weighted by molar-refractivity contribution is 0.174. The number of pyridine rings is 1. The second-order valence-corrected chi connectivity index (χ2v) is 4.57. The molecule has 0 spiro atoms. The average Bonchev–Trinajstić information content (AvgIpc) is 2.92. The minimum atomic E-state index is -0.0935. The lowest BCUT2D eigenvalue weighted by Crippen LogP contribution is -2.00. The molecule has 0 atom stereocenters. The first-order valence-electron chi connectivity index (χ1n) is 6.34. The van der Waals surface area contributed by atoms with Gasteiger partial charge in [0.1, 0.15) is 12.4 Å². The quantitative estimate of drug-likeness (QED) is 0.925. The van der Waals surface area contributed by atoms with Crippen LogP contribution in [0.3, 0.4) is 0 Å². The molecule has 5 nitrogen and oxygen atoms in total. The number of nitrogens with zero attached hydrogens (tertiary/aromatic N) is 1. The molecule has 0 unspecified atom stereocenters. The first-order chi connectivity index (χ1) is 9.76. The molecule has 1 aromatic carbocycles. The second kappa shape index (κ2) is 5.38. The molecule has 1 N–H and O–H groups in total. The molecule has 0 saturated carbocycles. The zero-order chi connectivity index (χ0) is 13.9. The summed E-state index contributed by atoms with van der Waals surface area (Å²) in [4.78, 5) is 4.14. The highest BCUT2D eigenvalue weighted by Crippen LogP contribution is 2.32. The van der Waals surface area contributed by atoms with Crippen molar-refractivity contribution in [1.82, 2.24) is 4.98 Å². The number of hydrogen-bond acceptors (Lipinski definition) is 5. The van der Waals surface area contributed by atoms with Crippen molar-refractivity contribution in [3.05, 3.63) is 47.3 Å². The molecule has 0 aliphatic carbocycles. The van der Waals surface area contributed by atoms with Crippen LogP contribution in [-0.2, 0) is 13.2 Å². The largest absolute Gasteiger partial charge is 0.488 e. The number of aromatic nitrogens is 1. The molecule has 1 aliphatic heterocycles. The van der Waals surface area contributed by atoms with Gasteiger partial charge in [-0.25, -0.2) is 0 Å². The van der Waals surface area contributed by atoms with E-state index in [1.165, 1.54) is 0 Å². The maximum atomic E-state index is 9.28. The fourth-order valence-electron chi connectivity index (χ4n) is 2.01. The molecule has 20 heavy (non-hydrogen) atoms. The van der Waals surface area contributed by atoms with E-state index in [0.717, 1.165) is 22.8 Å². The summed E-state index contributed by atoms with van der Waals surface area (Å²) in [5, 5.41) is 9.28. The Hall–Kier alpha value is -2.27. The van der Waals surface area contributed by atoms with Crippen molar-refractivity contribution in [3.8, 4) is 17.2 Å². The van der Waals surface area contributed by atoms with Crippen LogP contribution in [0.25, 0.3) is 0 Å². The van der Waals surface area contributed by atoms with Crippen LogP contribution in [0.2, 0.25) is 0 Å². The molecule has 1 aliphatic rings. The monoisotopic (exact) mass is 273 g/mol. The molecule has 0 amide bonds. The molecule has 3 rings (SSSR count). The molecule has 2 heterocycles. The van der Waals surface area contributed by atoms with E-state index in [1.54, 1.807) is 6.20 Å². The third-order valence-electron chi connectivity index (χ3n) is 3.08. The van der Waals surface area contributed by atoms with Gasteiger partial charge in [-0.3, -0.25) is 4.98 Å². The number of fused-ring (bicyclic) bond motifs is 1. The Morgan fingerprint density at radius 3 is 2.95 bits per heavy atom. The van der Waals surface area contributed by atoms with E-state index in [9.17, 15) is 5.11 Å². The lowest BCUT2D eigenvalue weighted by Gasteiger charge is -2.11. The molecule has 1 aromatic heterocycles. The summed E-state index contributed by atoms with van der Waals surface area (Å²) < 4.78 is 16.3. The van der Waals surface area contributed by atoms with Crippen LogP contribution in [0, 0.1) is 6.92 Å². The van der Waals surface area contributed by atoms with Gasteiger partial charge < -0.3 is 19.3 Å². The SMILES string of the molecule is Cc1cc(OCc2ccc3c(c2)OCO3)c(CO)cn1. The number of benzene rings is 1. The van der Waals surface area contributed by atoms with E-state index in [4.69, 9.17) is 14.2 Å². The Kier molecular flexibility index (Phi) is 3.43. The van der Waals surface area contributed by atoms with Crippen LogP contribution in [0.1, 0.15) is 16.8 Å². The summed E-state index contributed by atoms with van der Waals surface area (Å²) >= 11 is 0. The van der Waals surface area contributed by atoms with Crippen LogP contribution in [0.5, 0.6) is 17.2 Å². The smallest absolute Gasteiger partial charge is 0.231 e. The first-order valence-corrected chi connectivity index (χ1v) is 6.34. The fraction of sp³-hybridized carbons (Fsp3) is 0.267. The van der Waals surface area contributed by atoms with E-state index in [1.807, 2.05) is 31.2 Å². The summed E-state index contributed by atoms with van der Waals surface area (Å²) in [6.07, 6.45) is 1.63. The van der Waals surface area contributed by atoms with Crippen molar-refractivity contribution in [1.29, 1.82) is 0 Å². The summed E-state index contributed by atoms with van der Waals surface area (Å²) in [6.45, 7) is 2.45. The van der Waals surface area contributed by atoms with E-state index in [0.29, 0.717) is 17.9 Å². The van der Waals surface area contributed by atoms with E-state index in [2.05, 4.69) is 4.98 Å². The molecule has 0 radical (unpaired) electrons. The zero-order valence-corrected chi connectivity index (χ0v) is 11.1. The Labute approximate surface area is 116 Å². The molecule has 2 aromatic rings. The highest BCUT2D eigenvalue weighted by atomic mass is 16.7. The van der Waals surface area contributed by atoms with Gasteiger partial charge in [0.15, 0.2) is 11.5 Å². The minimum Gasteiger partial charge on any atom is -0.488 e. The van der Waals surface area contributed by atoms with E-state index in [-0.39, 0.29) is 13.4 Å². The Morgan fingerprint density at radius 2 is 2.10 bits per heavy atom. The fourth-order valence-corrected chi connectivity index (χ4v) is 2.01. The van der Waals surface area contributed by atoms with Gasteiger partial charge in [-0.1, -0.05) is 6.07 Å². The molecule has 0 fully saturated rings. The van der Waals surface area contributed by atoms with Crippen LogP contribution in [0.15, 0.2) is 30.5 Å². The van der Waals surface area contributed by atoms with Gasteiger partial charge in [0, 0.05) is 23.5 Å². The first kappa shape index (κ1) is 12.7. The molecule has 0 bridgehead atoms. The number of aryl methyl sites for hydroxylation is 1. The number of aliphatic hydroxyl groups excluding tert-OH is 1. The van der Waals surface area contributed by atoms with Gasteiger partial charge in [-0.2, -0.15) is 0 Å². The topological polar surface area (TPSA) is 60.8 Å². The second-order valence-electron chi connectivity index (χ2n) is 4.57. The predicted molar refractivity (Wildman–Crippen MR) is 71.8 cm³/mol. The van der Waals surface area contributed by atoms with Crippen molar-refractivity contribution >= 4 is 0 Å². The highest BCUT2D eigenvalue weighted by molar-refractivity contribution is 5.44. The Morgan fingerprint density at radius 1 is 1.25 bits per heavy atom. The molecule has 0 saturated heterocycles. The summed E-state index contributed by atoms with van der Waals surface area (Å²) in [5.41, 5.74) is 2.51. The van der Waals surface area contributed by atoms with Gasteiger partial charge in [0.2, 0.25) is 6.79 Å². The number of rotatable bonds is 4. The maximum absolute atomic E-state index is 9.28. The van der Waals surface area contributed by atoms with Gasteiger partial charge in [-0.15, -0.1) is 0 Å². The Bertz CT molecular complexity index is 627. The normalized spacial score (nSPS) is 12.5. The van der Waals surface area contributed by atoms with Gasteiger partial charge in [-0.05, 0) is 24.6 Å². The molecule has 104 valence electrons. The number of ether oxygens (including phenoxy) is 3. The summed E-state index contributed by atoms with van der Waals surface area (Å²) in [6, 6.07) is 7.51. The number of hydrogen-bond donors (Lipinski definition) is 1. The predicted octanol–water partition coefficient (Wildman–Crippen LogP) is 2.19. The van der Waals surface area contributed by atoms with Crippen LogP contribution in [-0.4, -0.2) is 16.9 Å². The minimum absolute atomic E-state index is 0.0935. The van der Waals surface area contributed by atoms with Crippen molar-refractivity contribution < 1.29 is 19.3 Å². The van der Waals surface area contributed by atoms with E-state index < -0.39 is 0 Å². The maximum Gasteiger partial charge on any atom is 0.231 e. The lowest BCUT2D eigenvalue weighted by atomic mass is 10.2. The zero-order valence-electron chi connectivity index (χ0n) is 11.1. The van der Waals surface area contributed by atoms with Crippen LogP contribution in [0.4, 0.5) is 0 Å². The van der Waals surface area contributed by atoms with Crippen LogP contribution < -0.4 is 14.2 Å². The molecular formula is C15H15NO4. The van der Waals surface area contributed by atoms with Crippen molar-refractivity contribution in [2.45, 2.75) is 20.1 Å². The van der Waals surface area contributed by atoms with Gasteiger partial charge in [0.25, 0.3) is 0 Å². The van der Waals surface area contributed by atoms with Crippen LogP contribution >= 0.6 is 0 Å². The molecule has 5 heteroatoms. The third-order valence-corrected chi connectivity index (χ3v) is 3.08. The van der Waals surface area contributed by atoms with Crippen molar-refractivity contribution in [3.63, 3.8) is 0 Å². The third kappa shape index (κ3) is 2.53. The van der Waals surface area contributed by atoms with Gasteiger partial charge in [0.05, 0.1) is 6.61 Å². The summed E-state index contributed by atoms with van der Waals surface area (Å²) in [5.74, 6) is 2.14. The molecular weight excluding hydrogens is 258 g/mol. The van der Waals surface area contributed by atoms with Crippen molar-refractivity contribution in [2.24, 2.45) is 0 Å². The summed E-state index contributed by atoms with van der Waals surface area (Å²) in [7, 11) is 0. The van der Waals surface area contributed by atoms with Gasteiger partial charge >= 0.3 is 0 Å². The average molecular weight is 273 g/mol. The Balaban J connectivity index is 1.75. The standard InChI is InChI=1S/C15H15NO4/c1-10-4-14(12(7-17)6-16-10)18-8-11-2-3-13-15(5-11)20-9-19-13/h2-6,17H,7-9H2,1H3. The van der Waals surface area contributed by atoms with Crippen molar-refractivity contribution in [2.75, 3.05) is 6.79 Å².